The highest BCUT2D eigenvalue weighted by Gasteiger charge is 2.42. The average Bonchev–Trinajstić information content (AvgIpc) is 3.67. The Kier molecular flexibility index (Phi) is 5.97. The van der Waals surface area contributed by atoms with Gasteiger partial charge in [0.15, 0.2) is 7.14 Å². The quantitative estimate of drug-likeness (QED) is 0.136. The second kappa shape index (κ2) is 10.6. The van der Waals surface area contributed by atoms with Crippen molar-refractivity contribution in [1.29, 1.82) is 0 Å². The van der Waals surface area contributed by atoms with Crippen LogP contribution in [0, 0.1) is 0 Å². The van der Waals surface area contributed by atoms with Gasteiger partial charge >= 0.3 is 0 Å². The number of benzene rings is 9. The molecular weight excluding hydrogens is 638 g/mol. The van der Waals surface area contributed by atoms with Gasteiger partial charge in [0.25, 0.3) is 0 Å². The SMILES string of the molecule is O=P1(c2ccccc2)c2ccccc2-c2ccc3c(c21)c1ccccc1n3-c1c2ccccc2c(-c2ccc3ccccc3c2)c2ccccc12. The van der Waals surface area contributed by atoms with Crippen molar-refractivity contribution in [2.45, 2.75) is 0 Å². The molecular formula is C48H30NOP. The molecule has 1 aliphatic rings. The summed E-state index contributed by atoms with van der Waals surface area (Å²) < 4.78 is 18.4. The Balaban J connectivity index is 1.30. The Labute approximate surface area is 295 Å². The Morgan fingerprint density at radius 2 is 1.04 bits per heavy atom. The summed E-state index contributed by atoms with van der Waals surface area (Å²) in [5.41, 5.74) is 7.87. The Morgan fingerprint density at radius 3 is 1.80 bits per heavy atom. The van der Waals surface area contributed by atoms with E-state index in [2.05, 4.69) is 150 Å². The van der Waals surface area contributed by atoms with E-state index in [1.165, 1.54) is 43.4 Å². The van der Waals surface area contributed by atoms with Gasteiger partial charge in [-0.1, -0.05) is 164 Å². The zero-order valence-corrected chi connectivity index (χ0v) is 28.5. The van der Waals surface area contributed by atoms with Crippen molar-refractivity contribution in [2.75, 3.05) is 0 Å². The van der Waals surface area contributed by atoms with Gasteiger partial charge in [-0.05, 0) is 62.0 Å². The van der Waals surface area contributed by atoms with Gasteiger partial charge in [0.2, 0.25) is 0 Å². The molecule has 0 amide bonds. The molecule has 1 aromatic heterocycles. The molecule has 9 aromatic carbocycles. The third-order valence-corrected chi connectivity index (χ3v) is 14.1. The molecule has 51 heavy (non-hydrogen) atoms. The first kappa shape index (κ1) is 28.6. The highest BCUT2D eigenvalue weighted by molar-refractivity contribution is 7.86. The van der Waals surface area contributed by atoms with E-state index in [0.29, 0.717) is 0 Å². The molecule has 0 N–H and O–H groups in total. The zero-order chi connectivity index (χ0) is 33.7. The standard InChI is InChI=1S/C48H30NOP/c50-51(34-16-2-1-3-17-34)44-25-13-11-18-35(44)40-28-29-43-46(48(40)51)41-23-10-12-24-42(41)49(43)47-38-21-8-6-19-36(38)45(37-20-7-9-22-39(37)47)33-27-26-31-14-4-5-15-32(31)30-33/h1-30H. The molecule has 0 aliphatic carbocycles. The number of hydrogen-bond acceptors (Lipinski definition) is 1. The topological polar surface area (TPSA) is 22.0 Å². The van der Waals surface area contributed by atoms with Crippen molar-refractivity contribution in [3.8, 4) is 27.9 Å². The molecule has 1 atom stereocenters. The third-order valence-electron chi connectivity index (χ3n) is 10.9. The van der Waals surface area contributed by atoms with Crippen molar-refractivity contribution in [3.63, 3.8) is 0 Å². The first-order valence-corrected chi connectivity index (χ1v) is 19.2. The van der Waals surface area contributed by atoms with E-state index in [1.54, 1.807) is 0 Å². The third kappa shape index (κ3) is 3.86. The number of hydrogen-bond donors (Lipinski definition) is 0. The fraction of sp³-hybridized carbons (Fsp3) is 0. The van der Waals surface area contributed by atoms with Crippen molar-refractivity contribution in [2.24, 2.45) is 0 Å². The lowest BCUT2D eigenvalue weighted by atomic mass is 9.89. The fourth-order valence-corrected chi connectivity index (χ4v) is 12.1. The summed E-state index contributed by atoms with van der Waals surface area (Å²) in [6, 6.07) is 64.6. The summed E-state index contributed by atoms with van der Waals surface area (Å²) in [5, 5.41) is 12.1. The molecule has 0 saturated heterocycles. The first-order chi connectivity index (χ1) is 25.2. The fourth-order valence-electron chi connectivity index (χ4n) is 8.83. The zero-order valence-electron chi connectivity index (χ0n) is 27.6. The molecule has 2 heterocycles. The molecule has 3 heteroatoms. The van der Waals surface area contributed by atoms with Gasteiger partial charge in [-0.15, -0.1) is 0 Å². The minimum Gasteiger partial charge on any atom is -0.309 e. The Bertz CT molecular complexity index is 3060. The highest BCUT2D eigenvalue weighted by atomic mass is 31.2. The molecule has 11 rings (SSSR count). The van der Waals surface area contributed by atoms with Crippen LogP contribution < -0.4 is 15.9 Å². The Hall–Kier alpha value is -6.21. The molecule has 238 valence electrons. The number of rotatable bonds is 3. The van der Waals surface area contributed by atoms with Gasteiger partial charge in [-0.25, -0.2) is 0 Å². The molecule has 0 spiro atoms. The second-order valence-corrected chi connectivity index (χ2v) is 16.2. The minimum absolute atomic E-state index is 0.871. The largest absolute Gasteiger partial charge is 0.309 e. The van der Waals surface area contributed by atoms with Gasteiger partial charge in [-0.3, -0.25) is 0 Å². The predicted molar refractivity (Wildman–Crippen MR) is 217 cm³/mol. The van der Waals surface area contributed by atoms with Crippen LogP contribution >= 0.6 is 7.14 Å². The lowest BCUT2D eigenvalue weighted by Crippen LogP contribution is -2.21. The van der Waals surface area contributed by atoms with E-state index < -0.39 is 7.14 Å². The predicted octanol–water partition coefficient (Wildman–Crippen LogP) is 11.5. The molecule has 0 radical (unpaired) electrons. The van der Waals surface area contributed by atoms with E-state index >= 15 is 4.57 Å². The molecule has 2 nitrogen and oxygen atoms in total. The van der Waals surface area contributed by atoms with Crippen molar-refractivity contribution in [1.82, 2.24) is 4.57 Å². The maximum atomic E-state index is 16.0. The van der Waals surface area contributed by atoms with E-state index in [1.807, 2.05) is 36.4 Å². The summed E-state index contributed by atoms with van der Waals surface area (Å²) in [4.78, 5) is 0. The molecule has 10 aromatic rings. The first-order valence-electron chi connectivity index (χ1n) is 17.5. The van der Waals surface area contributed by atoms with Gasteiger partial charge in [0.1, 0.15) is 0 Å². The summed E-state index contributed by atoms with van der Waals surface area (Å²) in [6.45, 7) is 0. The summed E-state index contributed by atoms with van der Waals surface area (Å²) >= 11 is 0. The highest BCUT2D eigenvalue weighted by Crippen LogP contribution is 2.55. The van der Waals surface area contributed by atoms with Crippen LogP contribution in [0.3, 0.4) is 0 Å². The van der Waals surface area contributed by atoms with E-state index in [4.69, 9.17) is 0 Å². The average molecular weight is 668 g/mol. The normalized spacial score (nSPS) is 15.2. The van der Waals surface area contributed by atoms with Crippen LogP contribution in [0.2, 0.25) is 0 Å². The van der Waals surface area contributed by atoms with Crippen molar-refractivity contribution < 1.29 is 4.57 Å². The molecule has 1 unspecified atom stereocenters. The number of nitrogens with zero attached hydrogens (tertiary/aromatic N) is 1. The van der Waals surface area contributed by atoms with E-state index in [9.17, 15) is 0 Å². The van der Waals surface area contributed by atoms with Crippen LogP contribution in [0.5, 0.6) is 0 Å². The van der Waals surface area contributed by atoms with Gasteiger partial charge in [0.05, 0.1) is 16.7 Å². The molecule has 0 saturated carbocycles. The smallest absolute Gasteiger partial charge is 0.172 e. The number of para-hydroxylation sites is 1. The maximum Gasteiger partial charge on any atom is 0.172 e. The van der Waals surface area contributed by atoms with Crippen LogP contribution in [-0.4, -0.2) is 4.57 Å². The van der Waals surface area contributed by atoms with E-state index in [-0.39, 0.29) is 0 Å². The summed E-state index contributed by atoms with van der Waals surface area (Å²) in [6.07, 6.45) is 0. The van der Waals surface area contributed by atoms with Gasteiger partial charge in [-0.2, -0.15) is 0 Å². The molecule has 0 bridgehead atoms. The lowest BCUT2D eigenvalue weighted by Gasteiger charge is -2.20. The molecule has 0 fully saturated rings. The van der Waals surface area contributed by atoms with Gasteiger partial charge in [0, 0.05) is 37.5 Å². The van der Waals surface area contributed by atoms with E-state index in [0.717, 1.165) is 54.5 Å². The summed E-state index contributed by atoms with van der Waals surface area (Å²) in [7, 11) is -3.21. The lowest BCUT2D eigenvalue weighted by molar-refractivity contribution is 0.593. The number of fused-ring (bicyclic) bond motifs is 10. The van der Waals surface area contributed by atoms with Crippen LogP contribution in [0.25, 0.3) is 82.1 Å². The van der Waals surface area contributed by atoms with Crippen molar-refractivity contribution >= 4 is 77.2 Å². The van der Waals surface area contributed by atoms with Crippen LogP contribution in [0.1, 0.15) is 0 Å². The molecule has 1 aliphatic heterocycles. The number of aromatic nitrogens is 1. The maximum absolute atomic E-state index is 16.0. The summed E-state index contributed by atoms with van der Waals surface area (Å²) in [5.74, 6) is 0. The second-order valence-electron chi connectivity index (χ2n) is 13.5. The monoisotopic (exact) mass is 667 g/mol. The van der Waals surface area contributed by atoms with Crippen molar-refractivity contribution in [3.05, 3.63) is 182 Å². The minimum atomic E-state index is -3.21. The van der Waals surface area contributed by atoms with Crippen LogP contribution in [0.15, 0.2) is 182 Å². The van der Waals surface area contributed by atoms with Gasteiger partial charge < -0.3 is 9.13 Å². The van der Waals surface area contributed by atoms with Crippen LogP contribution in [0.4, 0.5) is 0 Å². The van der Waals surface area contributed by atoms with Crippen LogP contribution in [-0.2, 0) is 4.57 Å². The Morgan fingerprint density at radius 1 is 0.431 bits per heavy atom.